The van der Waals surface area contributed by atoms with Crippen LogP contribution in [0.5, 0.6) is 0 Å². The van der Waals surface area contributed by atoms with Crippen LogP contribution >= 0.6 is 0 Å². The Kier molecular flexibility index (Phi) is 9.14. The number of hydrogen-bond acceptors (Lipinski definition) is 7. The first-order valence-electron chi connectivity index (χ1n) is 9.43. The maximum absolute atomic E-state index is 12.0. The summed E-state index contributed by atoms with van der Waals surface area (Å²) >= 11 is 0. The van der Waals surface area contributed by atoms with Gasteiger partial charge in [-0.1, -0.05) is 23.3 Å². The molecule has 0 radical (unpaired) electrons. The van der Waals surface area contributed by atoms with Crippen molar-refractivity contribution < 1.29 is 28.5 Å². The van der Waals surface area contributed by atoms with E-state index in [4.69, 9.17) is 24.5 Å². The Labute approximate surface area is 174 Å². The zero-order valence-corrected chi connectivity index (χ0v) is 17.3. The third-order valence-electron chi connectivity index (χ3n) is 4.77. The van der Waals surface area contributed by atoms with Gasteiger partial charge in [0.2, 0.25) is 0 Å². The number of nitrogens with one attached hydrogen (secondary N) is 1. The average Bonchev–Trinajstić information content (AvgIpc) is 3.14. The van der Waals surface area contributed by atoms with Crippen LogP contribution in [-0.2, 0) is 35.0 Å². The Morgan fingerprint density at radius 1 is 1.13 bits per heavy atom. The van der Waals surface area contributed by atoms with Gasteiger partial charge in [-0.25, -0.2) is 0 Å². The molecule has 10 nitrogen and oxygen atoms in total. The molecule has 30 heavy (non-hydrogen) atoms. The summed E-state index contributed by atoms with van der Waals surface area (Å²) in [4.78, 5) is 30.2. The second-order valence-corrected chi connectivity index (χ2v) is 6.52. The van der Waals surface area contributed by atoms with Crippen LogP contribution in [0.1, 0.15) is 30.1 Å². The first kappa shape index (κ1) is 23.2. The molecule has 0 fully saturated rings. The summed E-state index contributed by atoms with van der Waals surface area (Å²) in [7, 11) is 3.96. The minimum absolute atomic E-state index is 0.109. The molecule has 2 rings (SSSR count). The number of esters is 2. The smallest absolute Gasteiger partial charge is 0.320 e. The van der Waals surface area contributed by atoms with Crippen LogP contribution in [0, 0.1) is 5.92 Å². The summed E-state index contributed by atoms with van der Waals surface area (Å²) < 4.78 is 19.7. The molecule has 1 heterocycles. The number of ether oxygens (including phenoxy) is 4. The fraction of sp³-hybridized carbons (Fsp3) is 0.500. The fourth-order valence-electron chi connectivity index (χ4n) is 3.35. The second-order valence-electron chi connectivity index (χ2n) is 6.52. The summed E-state index contributed by atoms with van der Waals surface area (Å²) in [5.41, 5.74) is 11.7. The van der Waals surface area contributed by atoms with Crippen molar-refractivity contribution in [2.45, 2.75) is 25.3 Å². The van der Waals surface area contributed by atoms with Crippen LogP contribution in [0.2, 0.25) is 0 Å². The zero-order chi connectivity index (χ0) is 21.9. The topological polar surface area (TPSA) is 136 Å². The number of benzene rings is 1. The lowest BCUT2D eigenvalue weighted by Gasteiger charge is -2.16. The van der Waals surface area contributed by atoms with Crippen molar-refractivity contribution >= 4 is 22.8 Å². The normalized spacial score (nSPS) is 11.9. The van der Waals surface area contributed by atoms with Crippen molar-refractivity contribution in [3.63, 3.8) is 0 Å². The molecule has 0 saturated heterocycles. The van der Waals surface area contributed by atoms with Gasteiger partial charge in [0.1, 0.15) is 6.79 Å². The second kappa shape index (κ2) is 11.8. The van der Waals surface area contributed by atoms with Crippen LogP contribution in [0.25, 0.3) is 21.3 Å². The molecule has 0 aliphatic carbocycles. The molecule has 0 aliphatic rings. The molecular weight excluding hydrogens is 392 g/mol. The molecule has 1 aromatic carbocycles. The van der Waals surface area contributed by atoms with E-state index in [9.17, 15) is 9.59 Å². The standard InChI is InChI=1S/C20H26N4O6/c1-27-12-30-11-10-14-13-6-4-5-7-16(13)22-18(14)17(23-24-21)9-8-15(19(25)28-2)20(26)29-3/h4-7,15,17,22H,8-12H2,1-3H3. The number of nitrogens with zero attached hydrogens (tertiary/aromatic N) is 3. The minimum atomic E-state index is -1.09. The number of azide groups is 1. The number of hydrogen-bond donors (Lipinski definition) is 1. The minimum Gasteiger partial charge on any atom is -0.468 e. The molecule has 1 unspecified atom stereocenters. The predicted molar refractivity (Wildman–Crippen MR) is 108 cm³/mol. The van der Waals surface area contributed by atoms with E-state index < -0.39 is 23.9 Å². The van der Waals surface area contributed by atoms with Crippen molar-refractivity contribution in [1.82, 2.24) is 4.98 Å². The highest BCUT2D eigenvalue weighted by atomic mass is 16.7. The molecule has 1 aromatic heterocycles. The number of H-pyrrole nitrogens is 1. The van der Waals surface area contributed by atoms with E-state index >= 15 is 0 Å². The van der Waals surface area contributed by atoms with E-state index in [0.29, 0.717) is 13.0 Å². The Morgan fingerprint density at radius 3 is 2.47 bits per heavy atom. The van der Waals surface area contributed by atoms with Gasteiger partial charge in [0.15, 0.2) is 5.92 Å². The first-order chi connectivity index (χ1) is 14.6. The zero-order valence-electron chi connectivity index (χ0n) is 17.3. The van der Waals surface area contributed by atoms with Gasteiger partial charge >= 0.3 is 11.9 Å². The number of methoxy groups -OCH3 is 3. The van der Waals surface area contributed by atoms with Crippen molar-refractivity contribution in [3.8, 4) is 0 Å². The largest absolute Gasteiger partial charge is 0.468 e. The number of rotatable bonds is 12. The van der Waals surface area contributed by atoms with Crippen LogP contribution in [0.4, 0.5) is 0 Å². The number of carbonyl (C=O) groups excluding carboxylic acids is 2. The number of aromatic amines is 1. The van der Waals surface area contributed by atoms with E-state index in [1.165, 1.54) is 14.2 Å². The van der Waals surface area contributed by atoms with Crippen LogP contribution in [-0.4, -0.2) is 51.7 Å². The maximum Gasteiger partial charge on any atom is 0.320 e. The lowest BCUT2D eigenvalue weighted by atomic mass is 9.96. The van der Waals surface area contributed by atoms with Gasteiger partial charge in [0.05, 0.1) is 26.9 Å². The van der Waals surface area contributed by atoms with Gasteiger partial charge in [-0.3, -0.25) is 9.59 Å². The summed E-state index contributed by atoms with van der Waals surface area (Å²) in [6.45, 7) is 0.593. The molecule has 0 aliphatic heterocycles. The molecular formula is C20H26N4O6. The third kappa shape index (κ3) is 5.73. The molecule has 2 aromatic rings. The van der Waals surface area contributed by atoms with E-state index in [1.807, 2.05) is 24.3 Å². The van der Waals surface area contributed by atoms with Gasteiger partial charge in [-0.15, -0.1) is 0 Å². The third-order valence-corrected chi connectivity index (χ3v) is 4.77. The quantitative estimate of drug-likeness (QED) is 0.107. The van der Waals surface area contributed by atoms with Crippen molar-refractivity contribution in [3.05, 3.63) is 46.0 Å². The molecule has 0 amide bonds. The molecule has 0 spiro atoms. The van der Waals surface area contributed by atoms with Crippen molar-refractivity contribution in [2.75, 3.05) is 34.7 Å². The highest BCUT2D eigenvalue weighted by Crippen LogP contribution is 2.33. The van der Waals surface area contributed by atoms with Gasteiger partial charge in [-0.05, 0) is 36.4 Å². The monoisotopic (exact) mass is 418 g/mol. The lowest BCUT2D eigenvalue weighted by Crippen LogP contribution is -2.27. The maximum atomic E-state index is 12.0. The average molecular weight is 418 g/mol. The number of aromatic nitrogens is 1. The summed E-state index contributed by atoms with van der Waals surface area (Å²) in [5, 5.41) is 4.91. The van der Waals surface area contributed by atoms with E-state index in [1.54, 1.807) is 7.11 Å². The molecule has 162 valence electrons. The van der Waals surface area contributed by atoms with E-state index in [2.05, 4.69) is 15.0 Å². The molecule has 1 atom stereocenters. The highest BCUT2D eigenvalue weighted by Gasteiger charge is 2.30. The Morgan fingerprint density at radius 2 is 1.83 bits per heavy atom. The number of para-hydroxylation sites is 1. The van der Waals surface area contributed by atoms with Crippen LogP contribution < -0.4 is 0 Å². The summed E-state index contributed by atoms with van der Waals surface area (Å²) in [5.74, 6) is -2.47. The first-order valence-corrected chi connectivity index (χ1v) is 9.43. The summed E-state index contributed by atoms with van der Waals surface area (Å²) in [6, 6.07) is 7.11. The Balaban J connectivity index is 2.32. The molecule has 10 heteroatoms. The number of carbonyl (C=O) groups is 2. The van der Waals surface area contributed by atoms with Gasteiger partial charge in [-0.2, -0.15) is 0 Å². The Bertz CT molecular complexity index is 890. The van der Waals surface area contributed by atoms with Gasteiger partial charge in [0.25, 0.3) is 0 Å². The highest BCUT2D eigenvalue weighted by molar-refractivity contribution is 5.94. The van der Waals surface area contributed by atoms with Crippen molar-refractivity contribution in [1.29, 1.82) is 0 Å². The van der Waals surface area contributed by atoms with E-state index in [0.717, 1.165) is 22.2 Å². The van der Waals surface area contributed by atoms with Crippen LogP contribution in [0.15, 0.2) is 29.4 Å². The van der Waals surface area contributed by atoms with E-state index in [-0.39, 0.29) is 19.6 Å². The van der Waals surface area contributed by atoms with Gasteiger partial charge < -0.3 is 23.9 Å². The summed E-state index contributed by atoms with van der Waals surface area (Å²) in [6.07, 6.45) is 0.924. The van der Waals surface area contributed by atoms with Crippen molar-refractivity contribution in [2.24, 2.45) is 11.0 Å². The fourth-order valence-corrected chi connectivity index (χ4v) is 3.35. The molecule has 0 bridgehead atoms. The van der Waals surface area contributed by atoms with Crippen LogP contribution in [0.3, 0.4) is 0 Å². The van der Waals surface area contributed by atoms with Gasteiger partial charge in [0, 0.05) is 28.6 Å². The predicted octanol–water partition coefficient (Wildman–Crippen LogP) is 3.42. The SMILES string of the molecule is COCOCCc1c(C(CCC(C(=O)OC)C(=O)OC)N=[N+]=[N-])[nH]c2ccccc12. The molecule has 1 N–H and O–H groups in total. The lowest BCUT2D eigenvalue weighted by molar-refractivity contribution is -0.159. The Hall–Kier alpha value is -3.07. The molecule has 0 saturated carbocycles. The number of fused-ring (bicyclic) bond motifs is 1.